The van der Waals surface area contributed by atoms with Crippen molar-refractivity contribution < 1.29 is 14.3 Å². The second kappa shape index (κ2) is 6.00. The zero-order chi connectivity index (χ0) is 14.7. The lowest BCUT2D eigenvalue weighted by atomic mass is 9.97. The Morgan fingerprint density at radius 1 is 1.19 bits per heavy atom. The van der Waals surface area contributed by atoms with Crippen molar-refractivity contribution in [2.45, 2.75) is 19.8 Å². The molecule has 0 amide bonds. The van der Waals surface area contributed by atoms with Crippen LogP contribution in [0.4, 0.5) is 0 Å². The van der Waals surface area contributed by atoms with Crippen molar-refractivity contribution in [3.63, 3.8) is 0 Å². The van der Waals surface area contributed by atoms with Crippen molar-refractivity contribution in [3.8, 4) is 11.5 Å². The smallest absolute Gasteiger partial charge is 0.196 e. The van der Waals surface area contributed by atoms with Gasteiger partial charge in [-0.25, -0.2) is 0 Å². The van der Waals surface area contributed by atoms with E-state index in [1.165, 1.54) is 0 Å². The number of benzene rings is 2. The molecule has 3 heteroatoms. The van der Waals surface area contributed by atoms with E-state index in [1.807, 2.05) is 37.3 Å². The highest BCUT2D eigenvalue weighted by Gasteiger charge is 2.20. The largest absolute Gasteiger partial charge is 0.494 e. The van der Waals surface area contributed by atoms with Crippen LogP contribution < -0.4 is 9.47 Å². The van der Waals surface area contributed by atoms with E-state index in [-0.39, 0.29) is 5.78 Å². The summed E-state index contributed by atoms with van der Waals surface area (Å²) in [5.41, 5.74) is 2.43. The normalized spacial score (nSPS) is 13.2. The third kappa shape index (κ3) is 2.77. The van der Waals surface area contributed by atoms with Gasteiger partial charge in [0.2, 0.25) is 0 Å². The predicted molar refractivity (Wildman–Crippen MR) is 81.3 cm³/mol. The third-order valence-electron chi connectivity index (χ3n) is 3.61. The molecule has 0 atom stereocenters. The summed E-state index contributed by atoms with van der Waals surface area (Å²) in [6.07, 6.45) is 1.98. The average Bonchev–Trinajstić information content (AvgIpc) is 2.55. The van der Waals surface area contributed by atoms with Crippen molar-refractivity contribution >= 4 is 5.78 Å². The lowest BCUT2D eigenvalue weighted by Gasteiger charge is -2.19. The summed E-state index contributed by atoms with van der Waals surface area (Å²) in [6, 6.07) is 13.0. The van der Waals surface area contributed by atoms with Gasteiger partial charge >= 0.3 is 0 Å². The molecule has 0 aliphatic carbocycles. The first-order chi connectivity index (χ1) is 10.3. The summed E-state index contributed by atoms with van der Waals surface area (Å²) in [4.78, 5) is 12.7. The number of ketones is 1. The molecule has 0 fully saturated rings. The van der Waals surface area contributed by atoms with Crippen LogP contribution in [0, 0.1) is 0 Å². The molecule has 3 nitrogen and oxygen atoms in total. The minimum Gasteiger partial charge on any atom is -0.494 e. The third-order valence-corrected chi connectivity index (χ3v) is 3.61. The lowest BCUT2D eigenvalue weighted by Crippen LogP contribution is -2.13. The van der Waals surface area contributed by atoms with Gasteiger partial charge in [0.25, 0.3) is 0 Å². The Hall–Kier alpha value is -2.29. The number of carbonyl (C=O) groups excluding carboxylic acids is 1. The number of aryl methyl sites for hydroxylation is 1. The quantitative estimate of drug-likeness (QED) is 0.803. The van der Waals surface area contributed by atoms with Gasteiger partial charge in [-0.05, 0) is 55.7 Å². The molecule has 108 valence electrons. The van der Waals surface area contributed by atoms with Gasteiger partial charge < -0.3 is 9.47 Å². The molecule has 0 unspecified atom stereocenters. The Labute approximate surface area is 124 Å². The molecule has 0 saturated carbocycles. The van der Waals surface area contributed by atoms with Crippen molar-refractivity contribution in [2.75, 3.05) is 13.2 Å². The van der Waals surface area contributed by atoms with Crippen LogP contribution in [-0.4, -0.2) is 19.0 Å². The molecule has 0 spiro atoms. The van der Waals surface area contributed by atoms with E-state index < -0.39 is 0 Å². The van der Waals surface area contributed by atoms with E-state index in [4.69, 9.17) is 9.47 Å². The van der Waals surface area contributed by atoms with Crippen LogP contribution in [0.1, 0.15) is 34.8 Å². The summed E-state index contributed by atoms with van der Waals surface area (Å²) in [5, 5.41) is 0. The SMILES string of the molecule is CCOc1ccc(C(=O)c2cccc3c2OCCC3)cc1. The fraction of sp³-hybridized carbons (Fsp3) is 0.278. The van der Waals surface area contributed by atoms with Gasteiger partial charge in [0, 0.05) is 5.56 Å². The highest BCUT2D eigenvalue weighted by molar-refractivity contribution is 6.11. The fourth-order valence-corrected chi connectivity index (χ4v) is 2.59. The lowest BCUT2D eigenvalue weighted by molar-refractivity contribution is 0.103. The molecule has 2 aromatic carbocycles. The number of ether oxygens (including phenoxy) is 2. The van der Waals surface area contributed by atoms with Gasteiger partial charge in [0.1, 0.15) is 11.5 Å². The van der Waals surface area contributed by atoms with Gasteiger partial charge in [-0.15, -0.1) is 0 Å². The Kier molecular flexibility index (Phi) is 3.91. The van der Waals surface area contributed by atoms with E-state index in [0.717, 1.165) is 29.9 Å². The topological polar surface area (TPSA) is 35.5 Å². The molecule has 0 aromatic heterocycles. The van der Waals surface area contributed by atoms with E-state index >= 15 is 0 Å². The summed E-state index contributed by atoms with van der Waals surface area (Å²) >= 11 is 0. The fourth-order valence-electron chi connectivity index (χ4n) is 2.59. The number of carbonyl (C=O) groups is 1. The van der Waals surface area contributed by atoms with Crippen LogP contribution in [0.2, 0.25) is 0 Å². The molecule has 0 radical (unpaired) electrons. The van der Waals surface area contributed by atoms with Crippen LogP contribution >= 0.6 is 0 Å². The second-order valence-corrected chi connectivity index (χ2v) is 5.03. The molecule has 0 bridgehead atoms. The summed E-state index contributed by atoms with van der Waals surface area (Å²) in [5.74, 6) is 1.53. The first-order valence-electron chi connectivity index (χ1n) is 7.32. The van der Waals surface area contributed by atoms with E-state index in [9.17, 15) is 4.79 Å². The standard InChI is InChI=1S/C18H18O3/c1-2-20-15-10-8-13(9-11-15)17(19)16-7-3-5-14-6-4-12-21-18(14)16/h3,5,7-11H,2,4,6,12H2,1H3. The average molecular weight is 282 g/mol. The minimum atomic E-state index is -0.00296. The molecule has 1 heterocycles. The summed E-state index contributed by atoms with van der Waals surface area (Å²) in [6.45, 7) is 3.24. The summed E-state index contributed by atoms with van der Waals surface area (Å²) < 4.78 is 11.1. The van der Waals surface area contributed by atoms with Gasteiger partial charge in [0.15, 0.2) is 5.78 Å². The Bertz CT molecular complexity index is 644. The highest BCUT2D eigenvalue weighted by Crippen LogP contribution is 2.30. The Balaban J connectivity index is 1.91. The highest BCUT2D eigenvalue weighted by atomic mass is 16.5. The number of hydrogen-bond donors (Lipinski definition) is 0. The predicted octanol–water partition coefficient (Wildman–Crippen LogP) is 3.64. The molecule has 0 saturated heterocycles. The maximum Gasteiger partial charge on any atom is 0.196 e. The Morgan fingerprint density at radius 2 is 2.00 bits per heavy atom. The molecular weight excluding hydrogens is 264 g/mol. The molecule has 1 aliphatic rings. The van der Waals surface area contributed by atoms with E-state index in [0.29, 0.717) is 24.3 Å². The van der Waals surface area contributed by atoms with Crippen molar-refractivity contribution in [1.29, 1.82) is 0 Å². The zero-order valence-electron chi connectivity index (χ0n) is 12.1. The van der Waals surface area contributed by atoms with Crippen molar-refractivity contribution in [1.82, 2.24) is 0 Å². The maximum atomic E-state index is 12.7. The van der Waals surface area contributed by atoms with Crippen LogP contribution in [0.15, 0.2) is 42.5 Å². The van der Waals surface area contributed by atoms with Crippen LogP contribution in [0.5, 0.6) is 11.5 Å². The second-order valence-electron chi connectivity index (χ2n) is 5.03. The minimum absolute atomic E-state index is 0.00296. The monoisotopic (exact) mass is 282 g/mol. The van der Waals surface area contributed by atoms with Crippen molar-refractivity contribution in [3.05, 3.63) is 59.2 Å². The van der Waals surface area contributed by atoms with Crippen LogP contribution in [0.3, 0.4) is 0 Å². The zero-order valence-corrected chi connectivity index (χ0v) is 12.1. The molecule has 2 aromatic rings. The first-order valence-corrected chi connectivity index (χ1v) is 7.32. The molecule has 3 rings (SSSR count). The number of para-hydroxylation sites is 1. The van der Waals surface area contributed by atoms with Crippen molar-refractivity contribution in [2.24, 2.45) is 0 Å². The molecular formula is C18H18O3. The first kappa shape index (κ1) is 13.7. The number of hydrogen-bond acceptors (Lipinski definition) is 3. The van der Waals surface area contributed by atoms with Gasteiger partial charge in [-0.3, -0.25) is 4.79 Å². The molecule has 1 aliphatic heterocycles. The van der Waals surface area contributed by atoms with Crippen LogP contribution in [-0.2, 0) is 6.42 Å². The van der Waals surface area contributed by atoms with Gasteiger partial charge in [-0.1, -0.05) is 12.1 Å². The Morgan fingerprint density at radius 3 is 2.76 bits per heavy atom. The number of fused-ring (bicyclic) bond motifs is 1. The van der Waals surface area contributed by atoms with E-state index in [2.05, 4.69) is 0 Å². The maximum absolute atomic E-state index is 12.7. The summed E-state index contributed by atoms with van der Waals surface area (Å²) in [7, 11) is 0. The molecule has 0 N–H and O–H groups in total. The molecule has 21 heavy (non-hydrogen) atoms. The van der Waals surface area contributed by atoms with Gasteiger partial charge in [0.05, 0.1) is 18.8 Å². The van der Waals surface area contributed by atoms with Crippen LogP contribution in [0.25, 0.3) is 0 Å². The van der Waals surface area contributed by atoms with Gasteiger partial charge in [-0.2, -0.15) is 0 Å². The number of rotatable bonds is 4. The van der Waals surface area contributed by atoms with E-state index in [1.54, 1.807) is 12.1 Å².